The lowest BCUT2D eigenvalue weighted by molar-refractivity contribution is -0.133. The molecule has 0 spiro atoms. The van der Waals surface area contributed by atoms with Crippen molar-refractivity contribution < 1.29 is 27.1 Å². The summed E-state index contributed by atoms with van der Waals surface area (Å²) in [4.78, 5) is 19.2. The molecule has 0 aromatic carbocycles. The number of hydrazine groups is 1. The predicted molar refractivity (Wildman–Crippen MR) is 91.6 cm³/mol. The molecule has 0 saturated heterocycles. The van der Waals surface area contributed by atoms with E-state index in [1.807, 2.05) is 15.9 Å². The summed E-state index contributed by atoms with van der Waals surface area (Å²) in [5.74, 6) is -4.56. The number of aromatic nitrogens is 3. The monoisotopic (exact) mass is 451 g/mol. The Labute approximate surface area is 159 Å². The van der Waals surface area contributed by atoms with Gasteiger partial charge in [-0.3, -0.25) is 20.6 Å². The molecule has 2 rings (SSSR count). The second-order valence-electron chi connectivity index (χ2n) is 5.47. The molecule has 2 heterocycles. The van der Waals surface area contributed by atoms with Crippen LogP contribution in [0.5, 0.6) is 5.88 Å². The number of anilines is 1. The van der Waals surface area contributed by atoms with E-state index < -0.39 is 22.8 Å². The highest BCUT2D eigenvalue weighted by molar-refractivity contribution is 9.10. The second-order valence-corrected chi connectivity index (χ2v) is 6.46. The Morgan fingerprint density at radius 1 is 1.15 bits per heavy atom. The third-order valence-corrected chi connectivity index (χ3v) is 3.62. The maximum atomic E-state index is 13.1. The van der Waals surface area contributed by atoms with E-state index >= 15 is 0 Å². The molecule has 1 atom stereocenters. The van der Waals surface area contributed by atoms with Crippen molar-refractivity contribution in [3.63, 3.8) is 0 Å². The van der Waals surface area contributed by atoms with Gasteiger partial charge in [-0.25, -0.2) is 18.7 Å². The van der Waals surface area contributed by atoms with Crippen molar-refractivity contribution in [3.8, 4) is 17.1 Å². The van der Waals surface area contributed by atoms with Crippen molar-refractivity contribution in [2.75, 3.05) is 5.43 Å². The van der Waals surface area contributed by atoms with Gasteiger partial charge in [-0.2, -0.15) is 8.78 Å². The molecule has 0 aliphatic heterocycles. The number of alkyl halides is 5. The van der Waals surface area contributed by atoms with E-state index in [1.165, 1.54) is 31.6 Å². The van der Waals surface area contributed by atoms with Crippen molar-refractivity contribution in [2.24, 2.45) is 0 Å². The Bertz CT molecular complexity index is 779. The molecule has 0 fully saturated rings. The van der Waals surface area contributed by atoms with E-state index in [-0.39, 0.29) is 11.7 Å². The Hall–Kier alpha value is -2.50. The van der Waals surface area contributed by atoms with Gasteiger partial charge in [0.25, 0.3) is 5.92 Å². The van der Waals surface area contributed by atoms with Crippen LogP contribution in [0.15, 0.2) is 30.7 Å². The van der Waals surface area contributed by atoms with Crippen LogP contribution in [0, 0.1) is 0 Å². The van der Waals surface area contributed by atoms with Crippen molar-refractivity contribution in [3.05, 3.63) is 30.7 Å². The number of carbonyl (C=O) groups is 1. The van der Waals surface area contributed by atoms with Crippen LogP contribution >= 0.6 is 15.9 Å². The first-order chi connectivity index (χ1) is 12.5. The molecule has 0 bridgehead atoms. The minimum absolute atomic E-state index is 0.0239. The highest BCUT2D eigenvalue weighted by Gasteiger charge is 2.35. The number of pyridine rings is 1. The maximum absolute atomic E-state index is 13.1. The van der Waals surface area contributed by atoms with E-state index in [1.54, 1.807) is 11.5 Å². The molecular formula is C15H14BrF4N5O2. The Kier molecular flexibility index (Phi) is 6.19. The molecule has 7 nitrogen and oxygen atoms in total. The topological polar surface area (TPSA) is 89.0 Å². The zero-order valence-corrected chi connectivity index (χ0v) is 15.6. The Morgan fingerprint density at radius 3 is 2.33 bits per heavy atom. The standard InChI is InChI=1S/C15H14BrF4N5O2/c1-8(14(2,17)18)27-12-4-3-9(5-23-12)10-6-22-11(7-21-10)24-25-13(26)15(16,19)20/h3-8H,1-2H3,(H,22,24)(H,25,26). The number of halogens is 5. The lowest BCUT2D eigenvalue weighted by Gasteiger charge is -2.20. The van der Waals surface area contributed by atoms with Gasteiger partial charge in [-0.05, 0) is 13.0 Å². The van der Waals surface area contributed by atoms with E-state index in [0.717, 1.165) is 6.92 Å². The summed E-state index contributed by atoms with van der Waals surface area (Å²) < 4.78 is 56.6. The number of nitrogens with one attached hydrogen (secondary N) is 2. The highest BCUT2D eigenvalue weighted by atomic mass is 79.9. The summed E-state index contributed by atoms with van der Waals surface area (Å²) in [5.41, 5.74) is 4.84. The number of rotatable bonds is 7. The smallest absolute Gasteiger partial charge is 0.379 e. The van der Waals surface area contributed by atoms with E-state index in [9.17, 15) is 22.4 Å². The van der Waals surface area contributed by atoms with Crippen LogP contribution < -0.4 is 15.6 Å². The molecule has 27 heavy (non-hydrogen) atoms. The zero-order chi connectivity index (χ0) is 20.2. The van der Waals surface area contributed by atoms with Gasteiger partial charge in [-0.1, -0.05) is 0 Å². The fourth-order valence-corrected chi connectivity index (χ4v) is 1.72. The van der Waals surface area contributed by atoms with Crippen LogP contribution in [-0.4, -0.2) is 37.7 Å². The van der Waals surface area contributed by atoms with E-state index in [4.69, 9.17) is 4.74 Å². The third-order valence-electron chi connectivity index (χ3n) is 3.26. The largest absolute Gasteiger partial charge is 0.468 e. The molecule has 0 aliphatic carbocycles. The minimum Gasteiger partial charge on any atom is -0.468 e. The summed E-state index contributed by atoms with van der Waals surface area (Å²) in [7, 11) is 0. The lowest BCUT2D eigenvalue weighted by atomic mass is 10.2. The molecule has 0 aliphatic rings. The van der Waals surface area contributed by atoms with Crippen molar-refractivity contribution in [1.29, 1.82) is 0 Å². The van der Waals surface area contributed by atoms with Crippen molar-refractivity contribution in [1.82, 2.24) is 20.4 Å². The fourth-order valence-electron chi connectivity index (χ4n) is 1.62. The van der Waals surface area contributed by atoms with Gasteiger partial charge >= 0.3 is 10.7 Å². The summed E-state index contributed by atoms with van der Waals surface area (Å²) in [6, 6.07) is 2.96. The summed E-state index contributed by atoms with van der Waals surface area (Å²) in [6.07, 6.45) is 2.52. The second kappa shape index (κ2) is 8.03. The number of hydrogen-bond acceptors (Lipinski definition) is 6. The molecule has 1 unspecified atom stereocenters. The molecule has 12 heteroatoms. The lowest BCUT2D eigenvalue weighted by Crippen LogP contribution is -2.39. The number of nitrogens with zero attached hydrogens (tertiary/aromatic N) is 3. The fraction of sp³-hybridized carbons (Fsp3) is 0.333. The molecule has 2 aromatic heterocycles. The average Bonchev–Trinajstić information content (AvgIpc) is 2.59. The first kappa shape index (κ1) is 20.8. The molecular weight excluding hydrogens is 438 g/mol. The molecule has 0 radical (unpaired) electrons. The van der Waals surface area contributed by atoms with Crippen LogP contribution in [0.2, 0.25) is 0 Å². The molecule has 1 amide bonds. The van der Waals surface area contributed by atoms with Crippen LogP contribution in [-0.2, 0) is 4.79 Å². The summed E-state index contributed by atoms with van der Waals surface area (Å²) >= 11 is 1.91. The van der Waals surface area contributed by atoms with Gasteiger partial charge < -0.3 is 4.74 Å². The quantitative estimate of drug-likeness (QED) is 0.381. The highest BCUT2D eigenvalue weighted by Crippen LogP contribution is 2.24. The minimum atomic E-state index is -3.72. The summed E-state index contributed by atoms with van der Waals surface area (Å²) in [5, 5.41) is 0. The number of carbonyl (C=O) groups excluding carboxylic acids is 1. The van der Waals surface area contributed by atoms with E-state index in [2.05, 4.69) is 20.4 Å². The van der Waals surface area contributed by atoms with Crippen LogP contribution in [0.3, 0.4) is 0 Å². The number of ether oxygens (including phenoxy) is 1. The predicted octanol–water partition coefficient (Wildman–Crippen LogP) is 3.39. The molecule has 0 saturated carbocycles. The van der Waals surface area contributed by atoms with E-state index in [0.29, 0.717) is 11.3 Å². The third kappa shape index (κ3) is 6.01. The first-order valence-corrected chi connectivity index (χ1v) is 8.22. The Balaban J connectivity index is 2.00. The Morgan fingerprint density at radius 2 is 1.85 bits per heavy atom. The van der Waals surface area contributed by atoms with Gasteiger partial charge in [0, 0.05) is 40.7 Å². The molecule has 146 valence electrons. The maximum Gasteiger partial charge on any atom is 0.379 e. The van der Waals surface area contributed by atoms with Crippen LogP contribution in [0.1, 0.15) is 13.8 Å². The number of amides is 1. The number of hydrogen-bond donors (Lipinski definition) is 2. The van der Waals surface area contributed by atoms with Gasteiger partial charge in [0.2, 0.25) is 5.88 Å². The first-order valence-electron chi connectivity index (χ1n) is 7.43. The van der Waals surface area contributed by atoms with Gasteiger partial charge in [0.15, 0.2) is 11.9 Å². The average molecular weight is 452 g/mol. The van der Waals surface area contributed by atoms with Crippen molar-refractivity contribution >= 4 is 27.7 Å². The molecule has 2 aromatic rings. The van der Waals surface area contributed by atoms with Gasteiger partial charge in [0.05, 0.1) is 18.1 Å². The SMILES string of the molecule is CC(Oc1ccc(-c2cnc(NNC(=O)C(F)(F)Br)cn2)cn1)C(C)(F)F. The van der Waals surface area contributed by atoms with Crippen LogP contribution in [0.4, 0.5) is 23.4 Å². The summed E-state index contributed by atoms with van der Waals surface area (Å²) in [6.45, 7) is 1.98. The van der Waals surface area contributed by atoms with Gasteiger partial charge in [0.1, 0.15) is 0 Å². The van der Waals surface area contributed by atoms with Crippen LogP contribution in [0.25, 0.3) is 11.3 Å². The zero-order valence-electron chi connectivity index (χ0n) is 14.0. The molecule has 2 N–H and O–H groups in total. The van der Waals surface area contributed by atoms with Crippen molar-refractivity contribution in [2.45, 2.75) is 30.7 Å². The normalized spacial score (nSPS) is 13.0. The van der Waals surface area contributed by atoms with Gasteiger partial charge in [-0.15, -0.1) is 0 Å².